The molecule has 0 bridgehead atoms. The van der Waals surface area contributed by atoms with E-state index in [1.54, 1.807) is 11.3 Å². The molecule has 92 valence electrons. The summed E-state index contributed by atoms with van der Waals surface area (Å²) in [5.74, 6) is 0.531. The van der Waals surface area contributed by atoms with Crippen molar-refractivity contribution in [2.24, 2.45) is 5.92 Å². The maximum atomic E-state index is 9.74. The molecule has 2 N–H and O–H groups in total. The first kappa shape index (κ1) is 14.0. The largest absolute Gasteiger partial charge is 0.392 e. The number of hydrogen-bond acceptors (Lipinski definition) is 3. The van der Waals surface area contributed by atoms with Crippen molar-refractivity contribution in [3.63, 3.8) is 0 Å². The molecule has 0 aromatic carbocycles. The molecule has 0 saturated heterocycles. The van der Waals surface area contributed by atoms with E-state index in [0.717, 1.165) is 10.8 Å². The van der Waals surface area contributed by atoms with E-state index in [4.69, 9.17) is 11.6 Å². The zero-order valence-electron chi connectivity index (χ0n) is 10.0. The Morgan fingerprint density at radius 3 is 2.56 bits per heavy atom. The Balaban J connectivity index is 2.32. The monoisotopic (exact) mass is 261 g/mol. The van der Waals surface area contributed by atoms with Gasteiger partial charge in [-0.3, -0.25) is 0 Å². The van der Waals surface area contributed by atoms with E-state index < -0.39 is 0 Å². The van der Waals surface area contributed by atoms with Crippen LogP contribution in [0.15, 0.2) is 12.1 Å². The van der Waals surface area contributed by atoms with Crippen molar-refractivity contribution >= 4 is 22.9 Å². The molecule has 16 heavy (non-hydrogen) atoms. The van der Waals surface area contributed by atoms with Crippen LogP contribution in [0.2, 0.25) is 4.34 Å². The smallest absolute Gasteiger partial charge is 0.0931 e. The second kappa shape index (κ2) is 6.60. The zero-order valence-corrected chi connectivity index (χ0v) is 11.6. The minimum Gasteiger partial charge on any atom is -0.392 e. The summed E-state index contributed by atoms with van der Waals surface area (Å²) in [5, 5.41) is 13.1. The van der Waals surface area contributed by atoms with Gasteiger partial charge in [-0.05, 0) is 31.4 Å². The van der Waals surface area contributed by atoms with Gasteiger partial charge in [-0.15, -0.1) is 11.3 Å². The fraction of sp³-hybridized carbons (Fsp3) is 0.667. The number of hydrogen-bond donors (Lipinski definition) is 2. The standard InChI is InChI=1S/C12H20ClNOS/c1-8(2)6-10(15)7-14-9(3)11-4-5-12(13)16-11/h4-5,8-10,14-15H,6-7H2,1-3H3. The van der Waals surface area contributed by atoms with Gasteiger partial charge < -0.3 is 10.4 Å². The molecule has 2 nitrogen and oxygen atoms in total. The van der Waals surface area contributed by atoms with E-state index in [-0.39, 0.29) is 12.1 Å². The highest BCUT2D eigenvalue weighted by Crippen LogP contribution is 2.26. The topological polar surface area (TPSA) is 32.3 Å². The van der Waals surface area contributed by atoms with E-state index in [9.17, 15) is 5.11 Å². The van der Waals surface area contributed by atoms with Gasteiger partial charge >= 0.3 is 0 Å². The van der Waals surface area contributed by atoms with Crippen molar-refractivity contribution in [3.05, 3.63) is 21.3 Å². The molecule has 2 atom stereocenters. The van der Waals surface area contributed by atoms with Crippen LogP contribution in [-0.4, -0.2) is 17.8 Å². The lowest BCUT2D eigenvalue weighted by atomic mass is 10.1. The molecular formula is C12H20ClNOS. The van der Waals surface area contributed by atoms with E-state index in [1.807, 2.05) is 12.1 Å². The molecule has 0 spiro atoms. The summed E-state index contributed by atoms with van der Waals surface area (Å²) in [7, 11) is 0. The number of aliphatic hydroxyl groups excluding tert-OH is 1. The summed E-state index contributed by atoms with van der Waals surface area (Å²) in [6, 6.07) is 4.18. The van der Waals surface area contributed by atoms with Gasteiger partial charge in [0.1, 0.15) is 0 Å². The molecular weight excluding hydrogens is 242 g/mol. The van der Waals surface area contributed by atoms with Crippen LogP contribution in [0, 0.1) is 5.92 Å². The number of aliphatic hydroxyl groups is 1. The van der Waals surface area contributed by atoms with Crippen LogP contribution >= 0.6 is 22.9 Å². The van der Waals surface area contributed by atoms with E-state index >= 15 is 0 Å². The van der Waals surface area contributed by atoms with Gasteiger partial charge in [-0.25, -0.2) is 0 Å². The first-order valence-electron chi connectivity index (χ1n) is 5.65. The summed E-state index contributed by atoms with van der Waals surface area (Å²) in [4.78, 5) is 1.21. The Bertz CT molecular complexity index is 314. The minimum atomic E-state index is -0.266. The molecule has 0 aliphatic carbocycles. The van der Waals surface area contributed by atoms with Gasteiger partial charge in [0, 0.05) is 17.5 Å². The lowest BCUT2D eigenvalue weighted by Gasteiger charge is -2.17. The highest BCUT2D eigenvalue weighted by atomic mass is 35.5. The molecule has 0 amide bonds. The summed E-state index contributed by atoms with van der Waals surface area (Å²) < 4.78 is 0.811. The molecule has 2 unspecified atom stereocenters. The molecule has 4 heteroatoms. The van der Waals surface area contributed by atoms with Gasteiger partial charge in [0.25, 0.3) is 0 Å². The molecule has 0 aliphatic heterocycles. The molecule has 1 aromatic heterocycles. The van der Waals surface area contributed by atoms with Gasteiger partial charge in [0.05, 0.1) is 10.4 Å². The summed E-state index contributed by atoms with van der Waals surface area (Å²) in [6.45, 7) is 6.95. The quantitative estimate of drug-likeness (QED) is 0.822. The van der Waals surface area contributed by atoms with E-state index in [1.165, 1.54) is 4.88 Å². The molecule has 1 heterocycles. The number of halogens is 1. The van der Waals surface area contributed by atoms with Gasteiger partial charge in [-0.2, -0.15) is 0 Å². The maximum absolute atomic E-state index is 9.74. The molecule has 0 saturated carbocycles. The second-order valence-electron chi connectivity index (χ2n) is 4.56. The van der Waals surface area contributed by atoms with Crippen molar-refractivity contribution in [1.29, 1.82) is 0 Å². The predicted octanol–water partition coefficient (Wildman–Crippen LogP) is 3.46. The highest BCUT2D eigenvalue weighted by molar-refractivity contribution is 7.16. The third kappa shape index (κ3) is 4.83. The van der Waals surface area contributed by atoms with Crippen molar-refractivity contribution in [1.82, 2.24) is 5.32 Å². The summed E-state index contributed by atoms with van der Waals surface area (Å²) in [6.07, 6.45) is 0.572. The minimum absolute atomic E-state index is 0.249. The van der Waals surface area contributed by atoms with Crippen LogP contribution in [-0.2, 0) is 0 Å². The normalized spacial score (nSPS) is 15.4. The van der Waals surface area contributed by atoms with Gasteiger partial charge in [0.2, 0.25) is 0 Å². The van der Waals surface area contributed by atoms with Crippen LogP contribution in [0.4, 0.5) is 0 Å². The Hall–Kier alpha value is -0.0900. The number of rotatable bonds is 6. The average Bonchev–Trinajstić information content (AvgIpc) is 2.60. The van der Waals surface area contributed by atoms with Crippen molar-refractivity contribution in [2.75, 3.05) is 6.54 Å². The maximum Gasteiger partial charge on any atom is 0.0931 e. The first-order valence-corrected chi connectivity index (χ1v) is 6.85. The van der Waals surface area contributed by atoms with E-state index in [2.05, 4.69) is 26.1 Å². The number of thiophene rings is 1. The van der Waals surface area contributed by atoms with Crippen LogP contribution in [0.3, 0.4) is 0 Å². The fourth-order valence-electron chi connectivity index (χ4n) is 1.60. The van der Waals surface area contributed by atoms with E-state index in [0.29, 0.717) is 12.5 Å². The Morgan fingerprint density at radius 2 is 2.06 bits per heavy atom. The van der Waals surface area contributed by atoms with Gasteiger partial charge in [0.15, 0.2) is 0 Å². The van der Waals surface area contributed by atoms with Crippen LogP contribution in [0.1, 0.15) is 38.1 Å². The summed E-state index contributed by atoms with van der Waals surface area (Å²) >= 11 is 7.46. The number of nitrogens with one attached hydrogen (secondary N) is 1. The molecule has 1 rings (SSSR count). The van der Waals surface area contributed by atoms with Crippen LogP contribution in [0.5, 0.6) is 0 Å². The molecule has 0 fully saturated rings. The SMILES string of the molecule is CC(C)CC(O)CNC(C)c1ccc(Cl)s1. The van der Waals surface area contributed by atoms with Crippen molar-refractivity contribution in [3.8, 4) is 0 Å². The summed E-state index contributed by atoms with van der Waals surface area (Å²) in [5.41, 5.74) is 0. The highest BCUT2D eigenvalue weighted by Gasteiger charge is 2.11. The predicted molar refractivity (Wildman–Crippen MR) is 71.2 cm³/mol. The Morgan fingerprint density at radius 1 is 1.38 bits per heavy atom. The Labute approximate surface area is 107 Å². The second-order valence-corrected chi connectivity index (χ2v) is 6.30. The molecule has 1 aromatic rings. The van der Waals surface area contributed by atoms with Crippen molar-refractivity contribution < 1.29 is 5.11 Å². The van der Waals surface area contributed by atoms with Crippen LogP contribution in [0.25, 0.3) is 0 Å². The fourth-order valence-corrected chi connectivity index (χ4v) is 2.69. The first-order chi connectivity index (χ1) is 7.49. The third-order valence-electron chi connectivity index (χ3n) is 2.42. The average molecular weight is 262 g/mol. The van der Waals surface area contributed by atoms with Crippen LogP contribution < -0.4 is 5.32 Å². The van der Waals surface area contributed by atoms with Gasteiger partial charge in [-0.1, -0.05) is 25.4 Å². The lowest BCUT2D eigenvalue weighted by Crippen LogP contribution is -2.29. The third-order valence-corrected chi connectivity index (χ3v) is 3.84. The van der Waals surface area contributed by atoms with Crippen molar-refractivity contribution in [2.45, 2.75) is 39.3 Å². The lowest BCUT2D eigenvalue weighted by molar-refractivity contribution is 0.143. The Kier molecular flexibility index (Phi) is 5.76. The zero-order chi connectivity index (χ0) is 12.1. The molecule has 0 aliphatic rings. The molecule has 0 radical (unpaired) electrons.